The van der Waals surface area contributed by atoms with Crippen LogP contribution >= 0.6 is 15.9 Å². The number of ether oxygens (including phenoxy) is 1. The van der Waals surface area contributed by atoms with Gasteiger partial charge in [0.2, 0.25) is 5.78 Å². The molecule has 0 aliphatic carbocycles. The van der Waals surface area contributed by atoms with Crippen LogP contribution in [0.2, 0.25) is 0 Å². The summed E-state index contributed by atoms with van der Waals surface area (Å²) < 4.78 is 8.23. The van der Waals surface area contributed by atoms with Gasteiger partial charge in [-0.2, -0.15) is 0 Å². The lowest BCUT2D eigenvalue weighted by atomic mass is 10.1. The molecule has 1 aromatic carbocycles. The van der Waals surface area contributed by atoms with Crippen molar-refractivity contribution in [2.75, 3.05) is 0 Å². The number of hydrogen-bond acceptors (Lipinski definition) is 5. The number of fused-ring (bicyclic) bond motifs is 2. The molecule has 120 valence electrons. The molecule has 0 amide bonds. The number of nitrogens with zero attached hydrogens (tertiary/aromatic N) is 2. The summed E-state index contributed by atoms with van der Waals surface area (Å²) in [5.41, 5.74) is 1.57. The third-order valence-electron chi connectivity index (χ3n) is 3.86. The largest absolute Gasteiger partial charge is 0.508 e. The molecule has 0 bridgehead atoms. The molecule has 3 aromatic rings. The van der Waals surface area contributed by atoms with E-state index in [-0.39, 0.29) is 28.6 Å². The third kappa shape index (κ3) is 2.09. The molecule has 0 radical (unpaired) electrons. The van der Waals surface area contributed by atoms with E-state index in [1.165, 1.54) is 6.07 Å². The quantitative estimate of drug-likeness (QED) is 0.626. The van der Waals surface area contributed by atoms with E-state index in [1.54, 1.807) is 12.3 Å². The first-order chi connectivity index (χ1) is 11.5. The highest BCUT2D eigenvalue weighted by Gasteiger charge is 2.31. The molecule has 0 spiro atoms. The van der Waals surface area contributed by atoms with Crippen molar-refractivity contribution in [2.24, 2.45) is 7.05 Å². The van der Waals surface area contributed by atoms with Crippen LogP contribution in [0.25, 0.3) is 17.1 Å². The number of phenolic OH excluding ortho intramolecular Hbond substituents is 2. The van der Waals surface area contributed by atoms with Crippen LogP contribution in [-0.2, 0) is 7.05 Å². The van der Waals surface area contributed by atoms with Crippen LogP contribution in [0.3, 0.4) is 0 Å². The average molecular weight is 387 g/mol. The number of aromatic nitrogens is 2. The van der Waals surface area contributed by atoms with Gasteiger partial charge in [0.25, 0.3) is 0 Å². The van der Waals surface area contributed by atoms with Crippen LogP contribution in [0, 0.1) is 0 Å². The molecule has 4 rings (SSSR count). The smallest absolute Gasteiger partial charge is 0.235 e. The van der Waals surface area contributed by atoms with Gasteiger partial charge in [0.1, 0.15) is 28.5 Å². The molecule has 2 aromatic heterocycles. The number of carbonyl (C=O) groups is 1. The monoisotopic (exact) mass is 386 g/mol. The second-order valence-electron chi connectivity index (χ2n) is 5.46. The third-order valence-corrected chi connectivity index (χ3v) is 4.52. The van der Waals surface area contributed by atoms with Gasteiger partial charge in [-0.3, -0.25) is 4.79 Å². The van der Waals surface area contributed by atoms with Crippen LogP contribution in [-0.4, -0.2) is 25.5 Å². The maximum absolute atomic E-state index is 12.5. The average Bonchev–Trinajstić information content (AvgIpc) is 2.99. The molecule has 0 saturated heterocycles. The van der Waals surface area contributed by atoms with Crippen molar-refractivity contribution < 1.29 is 19.7 Å². The first-order valence-electron chi connectivity index (χ1n) is 7.05. The van der Waals surface area contributed by atoms with E-state index in [0.717, 1.165) is 27.1 Å². The molecular formula is C17H11BrN2O4. The lowest BCUT2D eigenvalue weighted by molar-refractivity contribution is 0.101. The number of halogens is 1. The summed E-state index contributed by atoms with van der Waals surface area (Å²) in [6, 6.07) is 4.23. The van der Waals surface area contributed by atoms with E-state index < -0.39 is 5.78 Å². The predicted molar refractivity (Wildman–Crippen MR) is 91.1 cm³/mol. The molecule has 0 saturated carbocycles. The van der Waals surface area contributed by atoms with E-state index >= 15 is 0 Å². The van der Waals surface area contributed by atoms with E-state index in [4.69, 9.17) is 4.74 Å². The second-order valence-corrected chi connectivity index (χ2v) is 6.32. The van der Waals surface area contributed by atoms with Gasteiger partial charge in [0.05, 0.1) is 0 Å². The summed E-state index contributed by atoms with van der Waals surface area (Å²) in [5.74, 6) is -0.689. The molecule has 3 heterocycles. The van der Waals surface area contributed by atoms with Gasteiger partial charge in [0, 0.05) is 47.0 Å². The Kier molecular flexibility index (Phi) is 3.14. The minimum Gasteiger partial charge on any atom is -0.508 e. The zero-order valence-corrected chi connectivity index (χ0v) is 14.0. The Bertz CT molecular complexity index is 1050. The summed E-state index contributed by atoms with van der Waals surface area (Å²) in [7, 11) is 1.86. The van der Waals surface area contributed by atoms with E-state index in [2.05, 4.69) is 20.9 Å². The van der Waals surface area contributed by atoms with Crippen molar-refractivity contribution in [3.63, 3.8) is 0 Å². The highest BCUT2D eigenvalue weighted by Crippen LogP contribution is 2.41. The molecular weight excluding hydrogens is 376 g/mol. The lowest BCUT2D eigenvalue weighted by Crippen LogP contribution is -1.98. The van der Waals surface area contributed by atoms with Crippen molar-refractivity contribution in [1.82, 2.24) is 9.55 Å². The van der Waals surface area contributed by atoms with Crippen LogP contribution in [0.15, 0.2) is 40.8 Å². The maximum Gasteiger partial charge on any atom is 0.235 e. The van der Waals surface area contributed by atoms with Crippen LogP contribution in [0.1, 0.15) is 15.9 Å². The number of rotatable bonds is 1. The predicted octanol–water partition coefficient (Wildman–Crippen LogP) is 3.36. The number of pyridine rings is 1. The van der Waals surface area contributed by atoms with Crippen LogP contribution in [0.5, 0.6) is 17.2 Å². The Balaban J connectivity index is 1.87. The van der Waals surface area contributed by atoms with Crippen molar-refractivity contribution in [2.45, 2.75) is 0 Å². The summed E-state index contributed by atoms with van der Waals surface area (Å²) in [6.45, 7) is 0. The van der Waals surface area contributed by atoms with Crippen molar-refractivity contribution in [3.05, 3.63) is 52.0 Å². The second kappa shape index (κ2) is 5.10. The summed E-state index contributed by atoms with van der Waals surface area (Å²) >= 11 is 3.49. The molecule has 1 aliphatic heterocycles. The lowest BCUT2D eigenvalue weighted by Gasteiger charge is -2.00. The fourth-order valence-corrected chi connectivity index (χ4v) is 3.35. The van der Waals surface area contributed by atoms with Crippen molar-refractivity contribution in [3.8, 4) is 17.2 Å². The number of ketones is 1. The Hall–Kier alpha value is -2.80. The molecule has 0 unspecified atom stereocenters. The molecule has 1 aliphatic rings. The number of carbonyl (C=O) groups excluding carboxylic acids is 1. The first kappa shape index (κ1) is 14.8. The Labute approximate surface area is 144 Å². The normalized spacial score (nSPS) is 15.1. The van der Waals surface area contributed by atoms with Gasteiger partial charge < -0.3 is 19.5 Å². The number of Topliss-reactive ketones (excluding diaryl/α,β-unsaturated/α-hetero) is 1. The topological polar surface area (TPSA) is 84.6 Å². The van der Waals surface area contributed by atoms with Crippen LogP contribution < -0.4 is 4.74 Å². The number of aryl methyl sites for hydroxylation is 1. The Morgan fingerprint density at radius 3 is 2.92 bits per heavy atom. The fraction of sp³-hybridized carbons (Fsp3) is 0.0588. The molecule has 24 heavy (non-hydrogen) atoms. The van der Waals surface area contributed by atoms with E-state index in [1.807, 2.05) is 23.9 Å². The van der Waals surface area contributed by atoms with Gasteiger partial charge in [0.15, 0.2) is 5.76 Å². The van der Waals surface area contributed by atoms with Crippen molar-refractivity contribution in [1.29, 1.82) is 0 Å². The molecule has 2 N–H and O–H groups in total. The van der Waals surface area contributed by atoms with Gasteiger partial charge in [-0.1, -0.05) is 0 Å². The summed E-state index contributed by atoms with van der Waals surface area (Å²) in [6.07, 6.45) is 5.14. The Morgan fingerprint density at radius 2 is 2.12 bits per heavy atom. The van der Waals surface area contributed by atoms with Gasteiger partial charge in [-0.15, -0.1) is 0 Å². The standard InChI is InChI=1S/C17H11BrN2O4/c1-20-7-8(14-10(18)2-3-19-17(14)20)4-13-16(23)15-11(22)5-9(21)6-12(15)24-13/h2-7,21-22H,1H3. The zero-order valence-electron chi connectivity index (χ0n) is 12.4. The highest BCUT2D eigenvalue weighted by atomic mass is 79.9. The van der Waals surface area contributed by atoms with E-state index in [0.29, 0.717) is 0 Å². The number of hydrogen-bond donors (Lipinski definition) is 2. The molecule has 7 heteroatoms. The molecule has 0 atom stereocenters. The number of aromatic hydroxyl groups is 2. The SMILES string of the molecule is Cn1cc(C=C2Oc3cc(O)cc(O)c3C2=O)c2c(Br)ccnc21. The number of benzene rings is 1. The fourth-order valence-electron chi connectivity index (χ4n) is 2.83. The van der Waals surface area contributed by atoms with Crippen LogP contribution in [0.4, 0.5) is 0 Å². The maximum atomic E-state index is 12.5. The molecule has 0 fully saturated rings. The zero-order chi connectivity index (χ0) is 17.0. The first-order valence-corrected chi connectivity index (χ1v) is 7.85. The number of allylic oxidation sites excluding steroid dienone is 1. The minimum absolute atomic E-state index is 0.0523. The number of phenols is 2. The van der Waals surface area contributed by atoms with E-state index in [9.17, 15) is 15.0 Å². The molecule has 6 nitrogen and oxygen atoms in total. The van der Waals surface area contributed by atoms with Crippen molar-refractivity contribution >= 4 is 38.8 Å². The minimum atomic E-state index is -0.431. The Morgan fingerprint density at radius 1 is 1.33 bits per heavy atom. The van der Waals surface area contributed by atoms with Gasteiger partial charge in [-0.05, 0) is 28.1 Å². The summed E-state index contributed by atoms with van der Waals surface area (Å²) in [5, 5.41) is 20.3. The highest BCUT2D eigenvalue weighted by molar-refractivity contribution is 9.10. The van der Waals surface area contributed by atoms with Gasteiger partial charge >= 0.3 is 0 Å². The van der Waals surface area contributed by atoms with Gasteiger partial charge in [-0.25, -0.2) is 4.98 Å². The summed E-state index contributed by atoms with van der Waals surface area (Å²) in [4.78, 5) is 16.8.